The first-order valence-electron chi connectivity index (χ1n) is 5.99. The maximum Gasteiger partial charge on any atom is 0.124 e. The molecule has 0 saturated heterocycles. The molecule has 1 aromatic heterocycles. The van der Waals surface area contributed by atoms with Crippen LogP contribution in [-0.2, 0) is 13.5 Å². The standard InChI is InChI=1S/C13H16FIN4/c1-19-10(6-7-17-19)3-5-13(18-16)11-4-2-9(14)8-12(11)15/h2,4,6-8,13,18H,3,5,16H2,1H3. The number of nitrogens with two attached hydrogens (primary N) is 1. The third-order valence-electron chi connectivity index (χ3n) is 3.15. The molecule has 1 heterocycles. The van der Waals surface area contributed by atoms with Gasteiger partial charge >= 0.3 is 0 Å². The number of hydrazine groups is 1. The second kappa shape index (κ2) is 6.44. The van der Waals surface area contributed by atoms with Crippen LogP contribution in [0, 0.1) is 9.39 Å². The number of aromatic nitrogens is 2. The zero-order valence-electron chi connectivity index (χ0n) is 10.6. The Hall–Kier alpha value is -0.990. The minimum Gasteiger partial charge on any atom is -0.273 e. The molecule has 1 aromatic carbocycles. The van der Waals surface area contributed by atoms with Gasteiger partial charge in [-0.05, 0) is 59.2 Å². The third kappa shape index (κ3) is 3.52. The van der Waals surface area contributed by atoms with Crippen molar-refractivity contribution in [1.82, 2.24) is 15.2 Å². The summed E-state index contributed by atoms with van der Waals surface area (Å²) >= 11 is 2.13. The van der Waals surface area contributed by atoms with E-state index in [2.05, 4.69) is 33.1 Å². The first-order valence-corrected chi connectivity index (χ1v) is 7.07. The average molecular weight is 374 g/mol. The second-order valence-corrected chi connectivity index (χ2v) is 5.53. The van der Waals surface area contributed by atoms with Crippen molar-refractivity contribution in [2.75, 3.05) is 0 Å². The molecule has 19 heavy (non-hydrogen) atoms. The summed E-state index contributed by atoms with van der Waals surface area (Å²) in [6.45, 7) is 0. The lowest BCUT2D eigenvalue weighted by atomic mass is 10.0. The van der Waals surface area contributed by atoms with E-state index in [1.54, 1.807) is 12.3 Å². The number of aryl methyl sites for hydroxylation is 2. The van der Waals surface area contributed by atoms with E-state index in [-0.39, 0.29) is 11.9 Å². The summed E-state index contributed by atoms with van der Waals surface area (Å²) in [5, 5.41) is 4.14. The van der Waals surface area contributed by atoms with Crippen LogP contribution in [0.1, 0.15) is 23.7 Å². The summed E-state index contributed by atoms with van der Waals surface area (Å²) in [7, 11) is 1.92. The Morgan fingerprint density at radius 3 is 2.84 bits per heavy atom. The highest BCUT2D eigenvalue weighted by Gasteiger charge is 2.14. The van der Waals surface area contributed by atoms with Crippen molar-refractivity contribution in [1.29, 1.82) is 0 Å². The molecular formula is C13H16FIN4. The molecule has 0 aliphatic rings. The Balaban J connectivity index is 2.10. The lowest BCUT2D eigenvalue weighted by molar-refractivity contribution is 0.503. The smallest absolute Gasteiger partial charge is 0.124 e. The molecule has 0 aliphatic heterocycles. The van der Waals surface area contributed by atoms with Crippen LogP contribution in [0.15, 0.2) is 30.5 Å². The molecule has 0 radical (unpaired) electrons. The molecular weight excluding hydrogens is 358 g/mol. The lowest BCUT2D eigenvalue weighted by Crippen LogP contribution is -2.29. The highest BCUT2D eigenvalue weighted by Crippen LogP contribution is 2.24. The molecule has 102 valence electrons. The van der Waals surface area contributed by atoms with E-state index in [1.807, 2.05) is 17.8 Å². The van der Waals surface area contributed by atoms with Gasteiger partial charge in [-0.15, -0.1) is 0 Å². The predicted molar refractivity (Wildman–Crippen MR) is 80.7 cm³/mol. The fourth-order valence-corrected chi connectivity index (χ4v) is 2.90. The van der Waals surface area contributed by atoms with Crippen molar-refractivity contribution in [3.8, 4) is 0 Å². The van der Waals surface area contributed by atoms with Gasteiger partial charge in [0, 0.05) is 28.6 Å². The second-order valence-electron chi connectivity index (χ2n) is 4.37. The number of nitrogens with one attached hydrogen (secondary N) is 1. The molecule has 1 unspecified atom stereocenters. The zero-order chi connectivity index (χ0) is 13.8. The Morgan fingerprint density at radius 2 is 2.26 bits per heavy atom. The van der Waals surface area contributed by atoms with Crippen molar-refractivity contribution in [3.05, 3.63) is 51.1 Å². The first kappa shape index (κ1) is 14.4. The molecule has 4 nitrogen and oxygen atoms in total. The molecule has 0 amide bonds. The predicted octanol–water partition coefficient (Wildman–Crippen LogP) is 2.30. The molecule has 3 N–H and O–H groups in total. The van der Waals surface area contributed by atoms with E-state index in [1.165, 1.54) is 12.1 Å². The normalized spacial score (nSPS) is 12.6. The minimum absolute atomic E-state index is 0.00222. The number of halogens is 2. The van der Waals surface area contributed by atoms with Gasteiger partial charge < -0.3 is 0 Å². The van der Waals surface area contributed by atoms with E-state index < -0.39 is 0 Å². The number of benzene rings is 1. The molecule has 0 aliphatic carbocycles. The van der Waals surface area contributed by atoms with Crippen molar-refractivity contribution in [2.45, 2.75) is 18.9 Å². The zero-order valence-corrected chi connectivity index (χ0v) is 12.8. The SMILES string of the molecule is Cn1nccc1CCC(NN)c1ccc(F)cc1I. The topological polar surface area (TPSA) is 55.9 Å². The fraction of sp³-hybridized carbons (Fsp3) is 0.308. The Morgan fingerprint density at radius 1 is 1.47 bits per heavy atom. The number of nitrogens with zero attached hydrogens (tertiary/aromatic N) is 2. The summed E-state index contributed by atoms with van der Waals surface area (Å²) in [6.07, 6.45) is 3.47. The van der Waals surface area contributed by atoms with Crippen molar-refractivity contribution in [3.63, 3.8) is 0 Å². The van der Waals surface area contributed by atoms with Crippen LogP contribution in [0.5, 0.6) is 0 Å². The molecule has 1 atom stereocenters. The summed E-state index contributed by atoms with van der Waals surface area (Å²) in [5.41, 5.74) is 4.97. The summed E-state index contributed by atoms with van der Waals surface area (Å²) in [5.74, 6) is 5.39. The van der Waals surface area contributed by atoms with Crippen molar-refractivity contribution < 1.29 is 4.39 Å². The highest BCUT2D eigenvalue weighted by molar-refractivity contribution is 14.1. The summed E-state index contributed by atoms with van der Waals surface area (Å²) in [4.78, 5) is 0. The highest BCUT2D eigenvalue weighted by atomic mass is 127. The quantitative estimate of drug-likeness (QED) is 0.480. The lowest BCUT2D eigenvalue weighted by Gasteiger charge is -2.18. The van der Waals surface area contributed by atoms with E-state index >= 15 is 0 Å². The van der Waals surface area contributed by atoms with E-state index in [9.17, 15) is 4.39 Å². The van der Waals surface area contributed by atoms with Crippen LogP contribution in [0.2, 0.25) is 0 Å². The molecule has 2 aromatic rings. The number of rotatable bonds is 5. The third-order valence-corrected chi connectivity index (χ3v) is 4.08. The van der Waals surface area contributed by atoms with E-state index in [4.69, 9.17) is 5.84 Å². The van der Waals surface area contributed by atoms with Crippen LogP contribution in [0.4, 0.5) is 4.39 Å². The largest absolute Gasteiger partial charge is 0.273 e. The maximum absolute atomic E-state index is 13.1. The van der Waals surface area contributed by atoms with Gasteiger partial charge in [-0.2, -0.15) is 5.10 Å². The van der Waals surface area contributed by atoms with Crippen LogP contribution in [-0.4, -0.2) is 9.78 Å². The molecule has 0 bridgehead atoms. The van der Waals surface area contributed by atoms with Crippen LogP contribution in [0.3, 0.4) is 0 Å². The van der Waals surface area contributed by atoms with Gasteiger partial charge in [-0.1, -0.05) is 6.07 Å². The maximum atomic E-state index is 13.1. The molecule has 0 spiro atoms. The van der Waals surface area contributed by atoms with Gasteiger partial charge in [0.25, 0.3) is 0 Å². The monoisotopic (exact) mass is 374 g/mol. The first-order chi connectivity index (χ1) is 9.11. The van der Waals surface area contributed by atoms with Gasteiger partial charge in [0.1, 0.15) is 5.82 Å². The van der Waals surface area contributed by atoms with Crippen LogP contribution >= 0.6 is 22.6 Å². The number of hydrogen-bond donors (Lipinski definition) is 2. The van der Waals surface area contributed by atoms with Crippen LogP contribution < -0.4 is 11.3 Å². The van der Waals surface area contributed by atoms with Gasteiger partial charge in [0.2, 0.25) is 0 Å². The van der Waals surface area contributed by atoms with Gasteiger partial charge in [-0.25, -0.2) is 4.39 Å². The Kier molecular flexibility index (Phi) is 4.89. The van der Waals surface area contributed by atoms with Crippen LogP contribution in [0.25, 0.3) is 0 Å². The average Bonchev–Trinajstić information content (AvgIpc) is 2.78. The minimum atomic E-state index is -0.226. The summed E-state index contributed by atoms with van der Waals surface area (Å²) in [6, 6.07) is 6.76. The van der Waals surface area contributed by atoms with E-state index in [0.29, 0.717) is 0 Å². The molecule has 0 fully saturated rings. The Bertz CT molecular complexity index is 555. The van der Waals surface area contributed by atoms with E-state index in [0.717, 1.165) is 27.7 Å². The Labute approximate surface area is 125 Å². The van der Waals surface area contributed by atoms with Gasteiger partial charge in [0.05, 0.1) is 0 Å². The van der Waals surface area contributed by atoms with Crippen molar-refractivity contribution >= 4 is 22.6 Å². The van der Waals surface area contributed by atoms with Crippen molar-refractivity contribution in [2.24, 2.45) is 12.9 Å². The molecule has 6 heteroatoms. The number of hydrogen-bond acceptors (Lipinski definition) is 3. The van der Waals surface area contributed by atoms with Gasteiger partial charge in [-0.3, -0.25) is 16.0 Å². The summed E-state index contributed by atoms with van der Waals surface area (Å²) < 4.78 is 15.8. The molecule has 2 rings (SSSR count). The molecule has 0 saturated carbocycles. The fourth-order valence-electron chi connectivity index (χ4n) is 2.05. The van der Waals surface area contributed by atoms with Gasteiger partial charge in [0.15, 0.2) is 0 Å².